The van der Waals surface area contributed by atoms with Crippen LogP contribution >= 0.6 is 0 Å². The standard InChI is InChI=1S/C13H19N3O3/c1-4-13(3)9-15(7-8-19-13)12-6-5-11(16(17)18)10(2)14-12/h5-6H,4,7-9H2,1-3H3. The number of aryl methyl sites for hydroxylation is 1. The molecule has 0 saturated carbocycles. The number of nitro groups is 1. The van der Waals surface area contributed by atoms with Gasteiger partial charge < -0.3 is 9.64 Å². The van der Waals surface area contributed by atoms with Crippen LogP contribution in [0.5, 0.6) is 0 Å². The molecule has 1 atom stereocenters. The normalized spacial score (nSPS) is 23.4. The molecule has 1 aliphatic rings. The summed E-state index contributed by atoms with van der Waals surface area (Å²) in [6.45, 7) is 8.02. The highest BCUT2D eigenvalue weighted by atomic mass is 16.6. The Hall–Kier alpha value is -1.69. The molecular weight excluding hydrogens is 246 g/mol. The lowest BCUT2D eigenvalue weighted by molar-refractivity contribution is -0.385. The predicted octanol–water partition coefficient (Wildman–Crippen LogP) is 2.30. The number of nitrogens with zero attached hydrogens (tertiary/aromatic N) is 3. The lowest BCUT2D eigenvalue weighted by Crippen LogP contribution is -2.50. The second kappa shape index (κ2) is 5.13. The van der Waals surface area contributed by atoms with E-state index in [2.05, 4.69) is 23.7 Å². The van der Waals surface area contributed by atoms with E-state index in [-0.39, 0.29) is 11.3 Å². The summed E-state index contributed by atoms with van der Waals surface area (Å²) in [6, 6.07) is 3.24. The minimum atomic E-state index is -0.401. The van der Waals surface area contributed by atoms with Crippen LogP contribution in [0.15, 0.2) is 12.1 Å². The minimum Gasteiger partial charge on any atom is -0.372 e. The number of ether oxygens (including phenoxy) is 1. The van der Waals surface area contributed by atoms with Crippen molar-refractivity contribution in [3.05, 3.63) is 27.9 Å². The highest BCUT2D eigenvalue weighted by Crippen LogP contribution is 2.26. The van der Waals surface area contributed by atoms with Crippen LogP contribution in [0, 0.1) is 17.0 Å². The van der Waals surface area contributed by atoms with Crippen LogP contribution < -0.4 is 4.90 Å². The number of anilines is 1. The molecule has 2 heterocycles. The third kappa shape index (κ3) is 2.84. The smallest absolute Gasteiger partial charge is 0.290 e. The summed E-state index contributed by atoms with van der Waals surface area (Å²) in [5.41, 5.74) is 0.345. The molecule has 1 saturated heterocycles. The quantitative estimate of drug-likeness (QED) is 0.619. The molecule has 1 aliphatic heterocycles. The molecule has 6 heteroatoms. The van der Waals surface area contributed by atoms with Gasteiger partial charge in [0.25, 0.3) is 5.69 Å². The van der Waals surface area contributed by atoms with Gasteiger partial charge in [-0.05, 0) is 26.3 Å². The Morgan fingerprint density at radius 2 is 2.32 bits per heavy atom. The largest absolute Gasteiger partial charge is 0.372 e. The Bertz CT molecular complexity index is 492. The first-order chi connectivity index (χ1) is 8.95. The van der Waals surface area contributed by atoms with Gasteiger partial charge in [0.1, 0.15) is 11.5 Å². The molecule has 0 radical (unpaired) electrons. The fraction of sp³-hybridized carbons (Fsp3) is 0.615. The molecule has 0 amide bonds. The molecule has 1 fully saturated rings. The second-order valence-corrected chi connectivity index (χ2v) is 5.10. The van der Waals surface area contributed by atoms with Crippen molar-refractivity contribution in [3.8, 4) is 0 Å². The van der Waals surface area contributed by atoms with E-state index in [0.29, 0.717) is 12.3 Å². The molecule has 0 aliphatic carbocycles. The van der Waals surface area contributed by atoms with Gasteiger partial charge in [-0.1, -0.05) is 6.92 Å². The minimum absolute atomic E-state index is 0.0651. The summed E-state index contributed by atoms with van der Waals surface area (Å²) in [7, 11) is 0. The zero-order valence-corrected chi connectivity index (χ0v) is 11.5. The molecule has 1 aromatic heterocycles. The van der Waals surface area contributed by atoms with Crippen molar-refractivity contribution in [2.24, 2.45) is 0 Å². The van der Waals surface area contributed by atoms with Crippen LogP contribution in [-0.2, 0) is 4.74 Å². The molecule has 1 aromatic rings. The predicted molar refractivity (Wildman–Crippen MR) is 72.5 cm³/mol. The molecule has 104 valence electrons. The van der Waals surface area contributed by atoms with Crippen molar-refractivity contribution in [1.29, 1.82) is 0 Å². The summed E-state index contributed by atoms with van der Waals surface area (Å²) in [4.78, 5) is 16.9. The number of hydrogen-bond donors (Lipinski definition) is 0. The van der Waals surface area contributed by atoms with Crippen molar-refractivity contribution in [1.82, 2.24) is 4.98 Å². The van der Waals surface area contributed by atoms with E-state index >= 15 is 0 Å². The van der Waals surface area contributed by atoms with Gasteiger partial charge in [-0.2, -0.15) is 0 Å². The molecule has 0 N–H and O–H groups in total. The first-order valence-corrected chi connectivity index (χ1v) is 6.46. The number of hydrogen-bond acceptors (Lipinski definition) is 5. The van der Waals surface area contributed by atoms with E-state index in [9.17, 15) is 10.1 Å². The number of rotatable bonds is 3. The van der Waals surface area contributed by atoms with Crippen molar-refractivity contribution >= 4 is 11.5 Å². The fourth-order valence-corrected chi connectivity index (χ4v) is 2.25. The van der Waals surface area contributed by atoms with Crippen molar-refractivity contribution in [2.45, 2.75) is 32.8 Å². The molecular formula is C13H19N3O3. The molecule has 1 unspecified atom stereocenters. The fourth-order valence-electron chi connectivity index (χ4n) is 2.25. The Labute approximate surface area is 112 Å². The summed E-state index contributed by atoms with van der Waals surface area (Å²) < 4.78 is 5.78. The van der Waals surface area contributed by atoms with E-state index < -0.39 is 4.92 Å². The van der Waals surface area contributed by atoms with E-state index in [0.717, 1.165) is 25.3 Å². The highest BCUT2D eigenvalue weighted by molar-refractivity contribution is 5.47. The second-order valence-electron chi connectivity index (χ2n) is 5.10. The summed E-state index contributed by atoms with van der Waals surface area (Å²) >= 11 is 0. The van der Waals surface area contributed by atoms with Crippen LogP contribution in [0.4, 0.5) is 11.5 Å². The molecule has 19 heavy (non-hydrogen) atoms. The van der Waals surface area contributed by atoms with E-state index in [1.807, 2.05) is 0 Å². The third-order valence-electron chi connectivity index (χ3n) is 3.65. The van der Waals surface area contributed by atoms with E-state index in [4.69, 9.17) is 4.74 Å². The van der Waals surface area contributed by atoms with Gasteiger partial charge in [0, 0.05) is 19.2 Å². The van der Waals surface area contributed by atoms with Crippen molar-refractivity contribution in [2.75, 3.05) is 24.6 Å². The van der Waals surface area contributed by atoms with Crippen LogP contribution in [0.25, 0.3) is 0 Å². The summed E-state index contributed by atoms with van der Waals surface area (Å²) in [5.74, 6) is 0.783. The van der Waals surface area contributed by atoms with Gasteiger partial charge in [0.15, 0.2) is 0 Å². The molecule has 6 nitrogen and oxygen atoms in total. The Morgan fingerprint density at radius 3 is 2.89 bits per heavy atom. The zero-order valence-electron chi connectivity index (χ0n) is 11.5. The first-order valence-electron chi connectivity index (χ1n) is 6.46. The van der Waals surface area contributed by atoms with Gasteiger partial charge in [-0.15, -0.1) is 0 Å². The van der Waals surface area contributed by atoms with Crippen molar-refractivity contribution in [3.63, 3.8) is 0 Å². The lowest BCUT2D eigenvalue weighted by Gasteiger charge is -2.40. The molecule has 0 spiro atoms. The molecule has 2 rings (SSSR count). The van der Waals surface area contributed by atoms with Crippen LogP contribution in [0.2, 0.25) is 0 Å². The van der Waals surface area contributed by atoms with Crippen LogP contribution in [-0.4, -0.2) is 35.2 Å². The van der Waals surface area contributed by atoms with E-state index in [1.54, 1.807) is 13.0 Å². The maximum Gasteiger partial charge on any atom is 0.290 e. The summed E-state index contributed by atoms with van der Waals surface area (Å²) in [5, 5.41) is 10.8. The SMILES string of the molecule is CCC1(C)CN(c2ccc([N+](=O)[O-])c(C)n2)CCO1. The number of aromatic nitrogens is 1. The van der Waals surface area contributed by atoms with Crippen LogP contribution in [0.1, 0.15) is 26.0 Å². The zero-order chi connectivity index (χ0) is 14.0. The van der Waals surface area contributed by atoms with Crippen molar-refractivity contribution < 1.29 is 9.66 Å². The van der Waals surface area contributed by atoms with Gasteiger partial charge in [0.2, 0.25) is 0 Å². The molecule has 0 aromatic carbocycles. The van der Waals surface area contributed by atoms with Gasteiger partial charge in [0.05, 0.1) is 17.1 Å². The Kier molecular flexibility index (Phi) is 3.71. The maximum absolute atomic E-state index is 10.8. The monoisotopic (exact) mass is 265 g/mol. The number of morpholine rings is 1. The lowest BCUT2D eigenvalue weighted by atomic mass is 10.0. The van der Waals surface area contributed by atoms with E-state index in [1.165, 1.54) is 6.07 Å². The Balaban J connectivity index is 2.23. The van der Waals surface area contributed by atoms with Gasteiger partial charge >= 0.3 is 0 Å². The van der Waals surface area contributed by atoms with Crippen LogP contribution in [0.3, 0.4) is 0 Å². The third-order valence-corrected chi connectivity index (χ3v) is 3.65. The Morgan fingerprint density at radius 1 is 1.58 bits per heavy atom. The highest BCUT2D eigenvalue weighted by Gasteiger charge is 2.31. The molecule has 0 bridgehead atoms. The topological polar surface area (TPSA) is 68.5 Å². The average Bonchev–Trinajstić information content (AvgIpc) is 2.38. The van der Waals surface area contributed by atoms with Gasteiger partial charge in [-0.25, -0.2) is 4.98 Å². The average molecular weight is 265 g/mol. The maximum atomic E-state index is 10.8. The van der Waals surface area contributed by atoms with Gasteiger partial charge in [-0.3, -0.25) is 10.1 Å². The first kappa shape index (κ1) is 13.7. The number of pyridine rings is 1. The summed E-state index contributed by atoms with van der Waals surface area (Å²) in [6.07, 6.45) is 0.926.